The number of hydrogen-bond donors (Lipinski definition) is 1. The van der Waals surface area contributed by atoms with Crippen LogP contribution in [0.15, 0.2) is 64.6 Å². The van der Waals surface area contributed by atoms with Gasteiger partial charge in [0.15, 0.2) is 0 Å². The first-order valence-electron chi connectivity index (χ1n) is 10.6. The average molecular weight is 463 g/mol. The number of aliphatic hydroxyl groups is 1. The van der Waals surface area contributed by atoms with Crippen LogP contribution in [0.1, 0.15) is 28.7 Å². The van der Waals surface area contributed by atoms with E-state index in [0.29, 0.717) is 28.8 Å². The SMILES string of the molecule is COc1ccc(CN2C(=O)C(=O)/C(=C(/O)c3c(OC)cccc3OC)C2c2ccc(C)o2)cc1. The number of methoxy groups -OCH3 is 3. The Labute approximate surface area is 197 Å². The molecule has 3 aromatic rings. The van der Waals surface area contributed by atoms with Crippen LogP contribution >= 0.6 is 0 Å². The maximum Gasteiger partial charge on any atom is 0.296 e. The third-order valence-corrected chi connectivity index (χ3v) is 5.75. The van der Waals surface area contributed by atoms with Gasteiger partial charge in [0.2, 0.25) is 0 Å². The van der Waals surface area contributed by atoms with Crippen LogP contribution in [-0.4, -0.2) is 43.0 Å². The zero-order valence-corrected chi connectivity index (χ0v) is 19.3. The van der Waals surface area contributed by atoms with Gasteiger partial charge in [0.25, 0.3) is 11.7 Å². The molecule has 176 valence electrons. The summed E-state index contributed by atoms with van der Waals surface area (Å²) < 4.78 is 21.8. The van der Waals surface area contributed by atoms with Gasteiger partial charge < -0.3 is 28.6 Å². The highest BCUT2D eigenvalue weighted by Gasteiger charge is 2.48. The van der Waals surface area contributed by atoms with E-state index in [-0.39, 0.29) is 17.7 Å². The highest BCUT2D eigenvalue weighted by atomic mass is 16.5. The molecule has 1 N–H and O–H groups in total. The van der Waals surface area contributed by atoms with Crippen LogP contribution in [0, 0.1) is 6.92 Å². The van der Waals surface area contributed by atoms with Crippen molar-refractivity contribution in [1.82, 2.24) is 4.90 Å². The number of ether oxygens (including phenoxy) is 3. The minimum atomic E-state index is -0.939. The first kappa shape index (κ1) is 23.0. The van der Waals surface area contributed by atoms with Crippen molar-refractivity contribution < 1.29 is 33.3 Å². The number of carbonyl (C=O) groups is 2. The molecule has 1 aliphatic heterocycles. The Balaban J connectivity index is 1.88. The molecule has 0 saturated carbocycles. The zero-order chi connectivity index (χ0) is 24.4. The maximum absolute atomic E-state index is 13.3. The van der Waals surface area contributed by atoms with Crippen molar-refractivity contribution in [2.24, 2.45) is 0 Å². The summed E-state index contributed by atoms with van der Waals surface area (Å²) in [5, 5.41) is 11.4. The quantitative estimate of drug-likeness (QED) is 0.318. The van der Waals surface area contributed by atoms with E-state index in [4.69, 9.17) is 18.6 Å². The second-order valence-electron chi connectivity index (χ2n) is 7.76. The van der Waals surface area contributed by atoms with Crippen LogP contribution in [0.2, 0.25) is 0 Å². The summed E-state index contributed by atoms with van der Waals surface area (Å²) in [6, 6.07) is 14.6. The highest BCUT2D eigenvalue weighted by Crippen LogP contribution is 2.44. The van der Waals surface area contributed by atoms with Gasteiger partial charge in [0.1, 0.15) is 46.1 Å². The molecule has 2 aromatic carbocycles. The number of nitrogens with zero attached hydrogens (tertiary/aromatic N) is 1. The number of likely N-dealkylation sites (tertiary alicyclic amines) is 1. The molecule has 34 heavy (non-hydrogen) atoms. The van der Waals surface area contributed by atoms with Gasteiger partial charge in [-0.2, -0.15) is 0 Å². The van der Waals surface area contributed by atoms with Crippen LogP contribution in [0.4, 0.5) is 0 Å². The molecular weight excluding hydrogens is 438 g/mol. The Hall–Kier alpha value is -4.20. The summed E-state index contributed by atoms with van der Waals surface area (Å²) >= 11 is 0. The molecule has 1 aliphatic rings. The first-order chi connectivity index (χ1) is 16.4. The second kappa shape index (κ2) is 9.35. The Morgan fingerprint density at radius 3 is 2.12 bits per heavy atom. The monoisotopic (exact) mass is 463 g/mol. The number of aliphatic hydroxyl groups excluding tert-OH is 1. The smallest absolute Gasteiger partial charge is 0.296 e. The van der Waals surface area contributed by atoms with E-state index in [1.807, 2.05) is 12.1 Å². The predicted octanol–water partition coefficient (Wildman–Crippen LogP) is 4.24. The molecule has 1 unspecified atom stereocenters. The number of amides is 1. The summed E-state index contributed by atoms with van der Waals surface area (Å²) in [7, 11) is 4.46. The molecule has 4 rings (SSSR count). The lowest BCUT2D eigenvalue weighted by molar-refractivity contribution is -0.140. The van der Waals surface area contributed by atoms with Crippen molar-refractivity contribution in [1.29, 1.82) is 0 Å². The molecule has 2 heterocycles. The Bertz CT molecular complexity index is 1230. The third kappa shape index (κ3) is 3.98. The molecule has 0 bridgehead atoms. The molecule has 1 aromatic heterocycles. The van der Waals surface area contributed by atoms with Crippen molar-refractivity contribution in [3.05, 3.63) is 82.8 Å². The van der Waals surface area contributed by atoms with Crippen molar-refractivity contribution in [3.63, 3.8) is 0 Å². The molecule has 1 atom stereocenters. The van der Waals surface area contributed by atoms with Gasteiger partial charge >= 0.3 is 0 Å². The molecule has 8 heteroatoms. The number of rotatable bonds is 7. The number of carbonyl (C=O) groups excluding carboxylic acids is 2. The minimum Gasteiger partial charge on any atom is -0.506 e. The van der Waals surface area contributed by atoms with Gasteiger partial charge in [-0.15, -0.1) is 0 Å². The van der Waals surface area contributed by atoms with Gasteiger partial charge in [-0.1, -0.05) is 18.2 Å². The van der Waals surface area contributed by atoms with Crippen molar-refractivity contribution in [3.8, 4) is 17.2 Å². The third-order valence-electron chi connectivity index (χ3n) is 5.75. The number of Topliss-reactive ketones (excluding diaryl/α,β-unsaturated/α-hetero) is 1. The van der Waals surface area contributed by atoms with Crippen LogP contribution < -0.4 is 14.2 Å². The van der Waals surface area contributed by atoms with Crippen molar-refractivity contribution in [2.45, 2.75) is 19.5 Å². The fourth-order valence-electron chi connectivity index (χ4n) is 4.09. The Kier molecular flexibility index (Phi) is 6.32. The van der Waals surface area contributed by atoms with E-state index in [1.54, 1.807) is 56.5 Å². The Morgan fingerprint density at radius 1 is 0.941 bits per heavy atom. The fourth-order valence-corrected chi connectivity index (χ4v) is 4.09. The molecule has 1 amide bonds. The fraction of sp³-hybridized carbons (Fsp3) is 0.231. The number of aryl methyl sites for hydroxylation is 1. The molecule has 0 radical (unpaired) electrons. The Morgan fingerprint density at radius 2 is 1.59 bits per heavy atom. The summed E-state index contributed by atoms with van der Waals surface area (Å²) in [6.07, 6.45) is 0. The van der Waals surface area contributed by atoms with Crippen molar-refractivity contribution in [2.75, 3.05) is 21.3 Å². The molecule has 0 aliphatic carbocycles. The summed E-state index contributed by atoms with van der Waals surface area (Å²) in [5.74, 6) is 0.278. The lowest BCUT2D eigenvalue weighted by atomic mass is 9.98. The summed E-state index contributed by atoms with van der Waals surface area (Å²) in [5.41, 5.74) is 0.865. The van der Waals surface area contributed by atoms with Crippen LogP contribution in [0.3, 0.4) is 0 Å². The van der Waals surface area contributed by atoms with E-state index in [0.717, 1.165) is 5.56 Å². The summed E-state index contributed by atoms with van der Waals surface area (Å²) in [4.78, 5) is 27.8. The number of hydrogen-bond acceptors (Lipinski definition) is 7. The summed E-state index contributed by atoms with van der Waals surface area (Å²) in [6.45, 7) is 1.89. The highest BCUT2D eigenvalue weighted by molar-refractivity contribution is 6.46. The lowest BCUT2D eigenvalue weighted by Gasteiger charge is -2.24. The molecule has 8 nitrogen and oxygen atoms in total. The molecular formula is C26H25NO7. The standard InChI is InChI=1S/C26H25NO7/c1-15-8-13-20(34-15)23-22(24(28)21-18(32-3)6-5-7-19(21)33-4)25(29)26(30)27(23)14-16-9-11-17(31-2)12-10-16/h5-13,23,28H,14H2,1-4H3/b24-22+. The van der Waals surface area contributed by atoms with E-state index < -0.39 is 23.5 Å². The van der Waals surface area contributed by atoms with E-state index in [9.17, 15) is 14.7 Å². The number of benzene rings is 2. The average Bonchev–Trinajstić information content (AvgIpc) is 3.39. The van der Waals surface area contributed by atoms with Crippen molar-refractivity contribution >= 4 is 17.4 Å². The lowest BCUT2D eigenvalue weighted by Crippen LogP contribution is -2.29. The van der Waals surface area contributed by atoms with Gasteiger partial charge in [-0.25, -0.2) is 0 Å². The minimum absolute atomic E-state index is 0.101. The second-order valence-corrected chi connectivity index (χ2v) is 7.76. The predicted molar refractivity (Wildman–Crippen MR) is 124 cm³/mol. The largest absolute Gasteiger partial charge is 0.506 e. The molecule has 1 fully saturated rings. The number of ketones is 1. The van der Waals surface area contributed by atoms with E-state index >= 15 is 0 Å². The van der Waals surface area contributed by atoms with E-state index in [1.165, 1.54) is 19.1 Å². The van der Waals surface area contributed by atoms with Gasteiger partial charge in [0.05, 0.1) is 26.9 Å². The maximum atomic E-state index is 13.3. The van der Waals surface area contributed by atoms with Crippen LogP contribution in [0.25, 0.3) is 5.76 Å². The van der Waals surface area contributed by atoms with Crippen LogP contribution in [-0.2, 0) is 16.1 Å². The number of furan rings is 1. The molecule has 0 spiro atoms. The van der Waals surface area contributed by atoms with Gasteiger partial charge in [-0.05, 0) is 48.9 Å². The van der Waals surface area contributed by atoms with Gasteiger partial charge in [0, 0.05) is 6.54 Å². The molecule has 1 saturated heterocycles. The normalized spacial score (nSPS) is 17.2. The van der Waals surface area contributed by atoms with Crippen LogP contribution in [0.5, 0.6) is 17.2 Å². The van der Waals surface area contributed by atoms with E-state index in [2.05, 4.69) is 0 Å². The zero-order valence-electron chi connectivity index (χ0n) is 19.3. The topological polar surface area (TPSA) is 98.4 Å². The van der Waals surface area contributed by atoms with Gasteiger partial charge in [-0.3, -0.25) is 9.59 Å². The first-order valence-corrected chi connectivity index (χ1v) is 10.6.